The van der Waals surface area contributed by atoms with Crippen LogP contribution in [0.2, 0.25) is 0 Å². The topological polar surface area (TPSA) is 58.2 Å². The zero-order valence-corrected chi connectivity index (χ0v) is 13.7. The van der Waals surface area contributed by atoms with Crippen LogP contribution in [0.4, 0.5) is 4.39 Å². The second-order valence-electron chi connectivity index (χ2n) is 7.60. The highest BCUT2D eigenvalue weighted by molar-refractivity contribution is 5.86. The number of amides is 2. The van der Waals surface area contributed by atoms with Gasteiger partial charge in [-0.15, -0.1) is 0 Å². The van der Waals surface area contributed by atoms with Crippen molar-refractivity contribution in [2.75, 3.05) is 0 Å². The van der Waals surface area contributed by atoms with Crippen LogP contribution in [0.3, 0.4) is 0 Å². The Kier molecular flexibility index (Phi) is 3.82. The van der Waals surface area contributed by atoms with E-state index in [0.717, 1.165) is 25.7 Å². The van der Waals surface area contributed by atoms with Crippen LogP contribution in [-0.4, -0.2) is 23.9 Å². The molecule has 1 aromatic carbocycles. The van der Waals surface area contributed by atoms with Crippen LogP contribution in [0.25, 0.3) is 0 Å². The second-order valence-corrected chi connectivity index (χ2v) is 7.60. The first kappa shape index (κ1) is 15.6. The molecule has 0 aromatic heterocycles. The predicted octanol–water partition coefficient (Wildman–Crippen LogP) is 2.32. The van der Waals surface area contributed by atoms with Crippen molar-refractivity contribution in [2.45, 2.75) is 57.0 Å². The Bertz CT molecular complexity index is 667. The fourth-order valence-electron chi connectivity index (χ4n) is 3.85. The SMILES string of the molecule is O=C1CC[C@@H](NC(=O)C2(Cc3ccccc3F)CC2)[C@H](C2CC2)N1. The molecule has 4 rings (SSSR count). The number of carbonyl (C=O) groups excluding carboxylic acids is 2. The Morgan fingerprint density at radius 3 is 2.67 bits per heavy atom. The van der Waals surface area contributed by atoms with E-state index in [1.54, 1.807) is 12.1 Å². The molecule has 2 aliphatic carbocycles. The largest absolute Gasteiger partial charge is 0.351 e. The molecule has 2 atom stereocenters. The van der Waals surface area contributed by atoms with Gasteiger partial charge in [0.2, 0.25) is 11.8 Å². The van der Waals surface area contributed by atoms with Gasteiger partial charge >= 0.3 is 0 Å². The van der Waals surface area contributed by atoms with Crippen LogP contribution in [0.1, 0.15) is 44.1 Å². The molecule has 4 nitrogen and oxygen atoms in total. The normalized spacial score (nSPS) is 28.1. The summed E-state index contributed by atoms with van der Waals surface area (Å²) in [7, 11) is 0. The van der Waals surface area contributed by atoms with E-state index in [1.165, 1.54) is 6.07 Å². The van der Waals surface area contributed by atoms with Gasteiger partial charge in [-0.2, -0.15) is 0 Å². The third kappa shape index (κ3) is 3.04. The van der Waals surface area contributed by atoms with Crippen LogP contribution >= 0.6 is 0 Å². The number of piperidine rings is 1. The maximum absolute atomic E-state index is 13.9. The highest BCUT2D eigenvalue weighted by atomic mass is 19.1. The average molecular weight is 330 g/mol. The molecule has 3 aliphatic rings. The Morgan fingerprint density at radius 1 is 1.25 bits per heavy atom. The van der Waals surface area contributed by atoms with Gasteiger partial charge in [-0.25, -0.2) is 4.39 Å². The summed E-state index contributed by atoms with van der Waals surface area (Å²) in [5.41, 5.74) is 0.151. The van der Waals surface area contributed by atoms with Crippen molar-refractivity contribution in [2.24, 2.45) is 11.3 Å². The molecule has 1 saturated heterocycles. The molecule has 1 aromatic rings. The van der Waals surface area contributed by atoms with E-state index in [0.29, 0.717) is 30.7 Å². The molecule has 1 heterocycles. The van der Waals surface area contributed by atoms with Crippen molar-refractivity contribution in [3.05, 3.63) is 35.6 Å². The molecular weight excluding hydrogens is 307 g/mol. The summed E-state index contributed by atoms with van der Waals surface area (Å²) in [5, 5.41) is 6.23. The molecule has 2 amide bonds. The standard InChI is InChI=1S/C19H23FN2O2/c20-14-4-2-1-3-13(14)11-19(9-10-19)18(24)21-15-7-8-16(23)22-17(15)12-5-6-12/h1-4,12,15,17H,5-11H2,(H,21,24)(H,22,23)/t15-,17+/m1/s1. The van der Waals surface area contributed by atoms with Crippen LogP contribution in [0, 0.1) is 17.2 Å². The van der Waals surface area contributed by atoms with Crippen molar-refractivity contribution in [1.82, 2.24) is 10.6 Å². The lowest BCUT2D eigenvalue weighted by Crippen LogP contribution is -2.57. The molecule has 0 unspecified atom stereocenters. The van der Waals surface area contributed by atoms with Gasteiger partial charge in [-0.05, 0) is 56.1 Å². The lowest BCUT2D eigenvalue weighted by atomic mass is 9.91. The third-order valence-electron chi connectivity index (χ3n) is 5.71. The van der Waals surface area contributed by atoms with E-state index in [1.807, 2.05) is 6.07 Å². The number of nitrogens with one attached hydrogen (secondary N) is 2. The summed E-state index contributed by atoms with van der Waals surface area (Å²) in [6.45, 7) is 0. The second kappa shape index (κ2) is 5.87. The molecule has 0 spiro atoms. The maximum Gasteiger partial charge on any atom is 0.226 e. The zero-order chi connectivity index (χ0) is 16.7. The monoisotopic (exact) mass is 330 g/mol. The predicted molar refractivity (Wildman–Crippen MR) is 87.6 cm³/mol. The summed E-state index contributed by atoms with van der Waals surface area (Å²) in [6.07, 6.45) is 5.48. The van der Waals surface area contributed by atoms with Gasteiger partial charge in [0.05, 0.1) is 11.5 Å². The molecule has 0 radical (unpaired) electrons. The van der Waals surface area contributed by atoms with Gasteiger partial charge in [-0.1, -0.05) is 18.2 Å². The van der Waals surface area contributed by atoms with Crippen LogP contribution < -0.4 is 10.6 Å². The van der Waals surface area contributed by atoms with Crippen LogP contribution in [-0.2, 0) is 16.0 Å². The lowest BCUT2D eigenvalue weighted by molar-refractivity contribution is -0.130. The molecule has 128 valence electrons. The van der Waals surface area contributed by atoms with Crippen molar-refractivity contribution < 1.29 is 14.0 Å². The highest BCUT2D eigenvalue weighted by Crippen LogP contribution is 2.49. The van der Waals surface area contributed by atoms with E-state index in [2.05, 4.69) is 10.6 Å². The van der Waals surface area contributed by atoms with Crippen molar-refractivity contribution in [3.8, 4) is 0 Å². The van der Waals surface area contributed by atoms with E-state index in [4.69, 9.17) is 0 Å². The average Bonchev–Trinajstić information content (AvgIpc) is 3.45. The molecule has 2 saturated carbocycles. The van der Waals surface area contributed by atoms with Gasteiger partial charge in [0.25, 0.3) is 0 Å². The minimum absolute atomic E-state index is 0.0146. The molecular formula is C19H23FN2O2. The van der Waals surface area contributed by atoms with E-state index in [9.17, 15) is 14.0 Å². The summed E-state index contributed by atoms with van der Waals surface area (Å²) in [5.74, 6) is 0.376. The zero-order valence-electron chi connectivity index (χ0n) is 13.7. The molecule has 0 bridgehead atoms. The number of rotatable bonds is 5. The maximum atomic E-state index is 13.9. The van der Waals surface area contributed by atoms with E-state index in [-0.39, 0.29) is 29.7 Å². The van der Waals surface area contributed by atoms with E-state index >= 15 is 0 Å². The van der Waals surface area contributed by atoms with E-state index < -0.39 is 5.41 Å². The summed E-state index contributed by atoms with van der Waals surface area (Å²) in [4.78, 5) is 24.5. The molecule has 5 heteroatoms. The summed E-state index contributed by atoms with van der Waals surface area (Å²) in [6, 6.07) is 6.77. The third-order valence-corrected chi connectivity index (χ3v) is 5.71. The molecule has 24 heavy (non-hydrogen) atoms. The van der Waals surface area contributed by atoms with Gasteiger partial charge in [0.15, 0.2) is 0 Å². The van der Waals surface area contributed by atoms with Gasteiger partial charge < -0.3 is 10.6 Å². The first-order valence-electron chi connectivity index (χ1n) is 8.91. The minimum atomic E-state index is -0.461. The lowest BCUT2D eigenvalue weighted by Gasteiger charge is -2.34. The summed E-state index contributed by atoms with van der Waals surface area (Å²) >= 11 is 0. The number of carbonyl (C=O) groups is 2. The molecule has 1 aliphatic heterocycles. The van der Waals surface area contributed by atoms with Gasteiger partial charge in [-0.3, -0.25) is 9.59 Å². The van der Waals surface area contributed by atoms with Gasteiger partial charge in [0, 0.05) is 12.5 Å². The fraction of sp³-hybridized carbons (Fsp3) is 0.579. The van der Waals surface area contributed by atoms with Crippen molar-refractivity contribution in [1.29, 1.82) is 0 Å². The van der Waals surface area contributed by atoms with Crippen molar-refractivity contribution in [3.63, 3.8) is 0 Å². The Labute approximate surface area is 141 Å². The Morgan fingerprint density at radius 2 is 2.00 bits per heavy atom. The van der Waals surface area contributed by atoms with Crippen molar-refractivity contribution >= 4 is 11.8 Å². The minimum Gasteiger partial charge on any atom is -0.351 e. The highest BCUT2D eigenvalue weighted by Gasteiger charge is 2.51. The molecule has 3 fully saturated rings. The Hall–Kier alpha value is -1.91. The van der Waals surface area contributed by atoms with Gasteiger partial charge in [0.1, 0.15) is 5.82 Å². The smallest absolute Gasteiger partial charge is 0.226 e. The number of hydrogen-bond acceptors (Lipinski definition) is 2. The first-order chi connectivity index (χ1) is 11.6. The summed E-state index contributed by atoms with van der Waals surface area (Å²) < 4.78 is 13.9. The molecule has 2 N–H and O–H groups in total. The Balaban J connectivity index is 1.43. The van der Waals surface area contributed by atoms with Crippen LogP contribution in [0.15, 0.2) is 24.3 Å². The number of hydrogen-bond donors (Lipinski definition) is 2. The quantitative estimate of drug-likeness (QED) is 0.870. The van der Waals surface area contributed by atoms with Crippen LogP contribution in [0.5, 0.6) is 0 Å². The number of halogens is 1. The number of benzene rings is 1. The fourth-order valence-corrected chi connectivity index (χ4v) is 3.85. The first-order valence-corrected chi connectivity index (χ1v) is 8.91.